The highest BCUT2D eigenvalue weighted by Gasteiger charge is 2.37. The van der Waals surface area contributed by atoms with E-state index >= 15 is 0 Å². The lowest BCUT2D eigenvalue weighted by molar-refractivity contribution is -0.137. The maximum absolute atomic E-state index is 14.1. The number of hydrogen-bond acceptors (Lipinski definition) is 4. The molecule has 2 heterocycles. The molecule has 37 heavy (non-hydrogen) atoms. The summed E-state index contributed by atoms with van der Waals surface area (Å²) < 4.78 is 68.6. The molecular weight excluding hydrogens is 525 g/mol. The van der Waals surface area contributed by atoms with Crippen molar-refractivity contribution in [3.05, 3.63) is 81.3 Å². The van der Waals surface area contributed by atoms with Crippen molar-refractivity contribution in [3.63, 3.8) is 0 Å². The topological polar surface area (TPSA) is 96.3 Å². The molecule has 3 aromatic rings. The summed E-state index contributed by atoms with van der Waals surface area (Å²) in [4.78, 5) is 43.5. The van der Waals surface area contributed by atoms with Crippen LogP contribution in [0.3, 0.4) is 0 Å². The predicted molar refractivity (Wildman–Crippen MR) is 121 cm³/mol. The third-order valence-corrected chi connectivity index (χ3v) is 5.82. The second-order valence-electron chi connectivity index (χ2n) is 8.30. The van der Waals surface area contributed by atoms with Gasteiger partial charge in [0.25, 0.3) is 11.8 Å². The minimum atomic E-state index is -4.92. The Morgan fingerprint density at radius 2 is 1.84 bits per heavy atom. The van der Waals surface area contributed by atoms with Crippen molar-refractivity contribution in [1.82, 2.24) is 19.8 Å². The normalized spacial score (nSPS) is 15.1. The summed E-state index contributed by atoms with van der Waals surface area (Å²) in [5, 5.41) is 4.93. The third-order valence-electron chi connectivity index (χ3n) is 5.47. The van der Waals surface area contributed by atoms with Crippen molar-refractivity contribution in [2.24, 2.45) is 0 Å². The largest absolute Gasteiger partial charge is 0.416 e. The Kier molecular flexibility index (Phi) is 6.67. The summed E-state index contributed by atoms with van der Waals surface area (Å²) in [7, 11) is 2.83. The van der Waals surface area contributed by atoms with Gasteiger partial charge in [-0.2, -0.15) is 13.2 Å². The molecule has 1 atom stereocenters. The number of hydrogen-bond donors (Lipinski definition) is 2. The average Bonchev–Trinajstić information content (AvgIpc) is 3.16. The lowest BCUT2D eigenvalue weighted by Gasteiger charge is -2.28. The van der Waals surface area contributed by atoms with Gasteiger partial charge in [0.15, 0.2) is 5.82 Å². The summed E-state index contributed by atoms with van der Waals surface area (Å²) in [6, 6.07) is 3.45. The van der Waals surface area contributed by atoms with Gasteiger partial charge >= 0.3 is 6.18 Å². The lowest BCUT2D eigenvalue weighted by Crippen LogP contribution is -2.41. The second-order valence-corrected chi connectivity index (χ2v) is 8.71. The smallest absolute Gasteiger partial charge is 0.342 e. The van der Waals surface area contributed by atoms with Crippen LogP contribution in [0.2, 0.25) is 5.02 Å². The Hall–Kier alpha value is -4.00. The van der Waals surface area contributed by atoms with Crippen LogP contribution in [0.4, 0.5) is 27.8 Å². The summed E-state index contributed by atoms with van der Waals surface area (Å²) in [6.45, 7) is -0.408. The molecule has 2 N–H and O–H groups in total. The van der Waals surface area contributed by atoms with Crippen molar-refractivity contribution in [2.75, 3.05) is 19.4 Å². The molecule has 0 saturated heterocycles. The molecular formula is C23H17ClF5N5O3. The second kappa shape index (κ2) is 9.47. The van der Waals surface area contributed by atoms with E-state index < -0.39 is 59.2 Å². The Labute approximate surface area is 211 Å². The van der Waals surface area contributed by atoms with Crippen molar-refractivity contribution in [2.45, 2.75) is 18.8 Å². The standard InChI is InChI=1S/C23H17ClF5N5O3/c1-33(2)22(37)20-31-19(32-21(36)10-5-11(23(27,28)29)7-13(26)6-10)18-17(30-16(35)9-34(18)20)14-8-12(25)3-4-15(14)24/h3-8,17H,9H2,1-2H3,(H,30,35)(H,32,36). The molecule has 0 spiro atoms. The van der Waals surface area contributed by atoms with Gasteiger partial charge in [0.05, 0.1) is 17.3 Å². The summed E-state index contributed by atoms with van der Waals surface area (Å²) in [5.74, 6) is -5.01. The van der Waals surface area contributed by atoms with Gasteiger partial charge in [0.1, 0.15) is 18.2 Å². The van der Waals surface area contributed by atoms with E-state index in [-0.39, 0.29) is 34.0 Å². The third kappa shape index (κ3) is 5.12. The minimum absolute atomic E-state index is 0.0121. The Balaban J connectivity index is 1.86. The number of nitrogens with zero attached hydrogens (tertiary/aromatic N) is 3. The van der Waals surface area contributed by atoms with E-state index in [1.54, 1.807) is 0 Å². The van der Waals surface area contributed by atoms with Crippen LogP contribution in [0.15, 0.2) is 36.4 Å². The fraction of sp³-hybridized carbons (Fsp3) is 0.217. The number of alkyl halides is 3. The van der Waals surface area contributed by atoms with E-state index in [1.807, 2.05) is 0 Å². The van der Waals surface area contributed by atoms with Gasteiger partial charge in [-0.05, 0) is 36.4 Å². The van der Waals surface area contributed by atoms with Gasteiger partial charge in [0, 0.05) is 30.2 Å². The van der Waals surface area contributed by atoms with Crippen LogP contribution in [0.1, 0.15) is 43.8 Å². The Morgan fingerprint density at radius 1 is 1.14 bits per heavy atom. The number of carbonyl (C=O) groups excluding carboxylic acids is 3. The molecule has 8 nitrogen and oxygen atoms in total. The maximum Gasteiger partial charge on any atom is 0.416 e. The fourth-order valence-corrected chi connectivity index (χ4v) is 4.04. The predicted octanol–water partition coefficient (Wildman–Crippen LogP) is 4.01. The van der Waals surface area contributed by atoms with Crippen LogP contribution in [-0.4, -0.2) is 46.3 Å². The number of imidazole rings is 1. The summed E-state index contributed by atoms with van der Waals surface area (Å²) >= 11 is 6.24. The fourth-order valence-electron chi connectivity index (χ4n) is 3.82. The Bertz CT molecular complexity index is 1440. The van der Waals surface area contributed by atoms with E-state index in [4.69, 9.17) is 11.6 Å². The van der Waals surface area contributed by atoms with Crippen LogP contribution in [-0.2, 0) is 17.5 Å². The molecule has 2 aromatic carbocycles. The molecule has 1 aliphatic rings. The molecule has 4 rings (SSSR count). The molecule has 3 amide bonds. The Morgan fingerprint density at radius 3 is 2.49 bits per heavy atom. The number of benzene rings is 2. The first kappa shape index (κ1) is 26.1. The van der Waals surface area contributed by atoms with Crippen LogP contribution < -0.4 is 10.6 Å². The van der Waals surface area contributed by atoms with E-state index in [0.717, 1.165) is 17.0 Å². The molecule has 194 valence electrons. The molecule has 0 fully saturated rings. The lowest BCUT2D eigenvalue weighted by atomic mass is 10.0. The molecule has 14 heteroatoms. The first-order valence-electron chi connectivity index (χ1n) is 10.5. The van der Waals surface area contributed by atoms with Gasteiger partial charge in [-0.3, -0.25) is 14.4 Å². The van der Waals surface area contributed by atoms with Gasteiger partial charge < -0.3 is 20.1 Å². The number of amides is 3. The quantitative estimate of drug-likeness (QED) is 0.488. The van der Waals surface area contributed by atoms with Gasteiger partial charge in [0.2, 0.25) is 11.7 Å². The van der Waals surface area contributed by atoms with Crippen molar-refractivity contribution < 1.29 is 36.3 Å². The summed E-state index contributed by atoms with van der Waals surface area (Å²) in [6.07, 6.45) is -4.92. The van der Waals surface area contributed by atoms with Crippen LogP contribution in [0, 0.1) is 11.6 Å². The van der Waals surface area contributed by atoms with Gasteiger partial charge in [-0.15, -0.1) is 0 Å². The summed E-state index contributed by atoms with van der Waals surface area (Å²) in [5.41, 5.74) is -1.97. The van der Waals surface area contributed by atoms with E-state index in [1.165, 1.54) is 24.7 Å². The molecule has 1 aliphatic heterocycles. The highest BCUT2D eigenvalue weighted by Crippen LogP contribution is 2.36. The first-order valence-corrected chi connectivity index (χ1v) is 10.9. The highest BCUT2D eigenvalue weighted by molar-refractivity contribution is 6.31. The van der Waals surface area contributed by atoms with E-state index in [0.29, 0.717) is 12.1 Å². The van der Waals surface area contributed by atoms with E-state index in [9.17, 15) is 36.3 Å². The zero-order valence-corrected chi connectivity index (χ0v) is 19.8. The van der Waals surface area contributed by atoms with Crippen molar-refractivity contribution in [1.29, 1.82) is 0 Å². The monoisotopic (exact) mass is 541 g/mol. The first-order chi connectivity index (χ1) is 17.3. The van der Waals surface area contributed by atoms with Gasteiger partial charge in [-0.25, -0.2) is 13.8 Å². The molecule has 0 saturated carbocycles. The minimum Gasteiger partial charge on any atom is -0.342 e. The number of nitrogens with one attached hydrogen (secondary N) is 2. The average molecular weight is 542 g/mol. The van der Waals surface area contributed by atoms with Gasteiger partial charge in [-0.1, -0.05) is 11.6 Å². The number of rotatable bonds is 4. The molecule has 1 aromatic heterocycles. The number of halogens is 6. The highest BCUT2D eigenvalue weighted by atomic mass is 35.5. The van der Waals surface area contributed by atoms with Crippen molar-refractivity contribution in [3.8, 4) is 0 Å². The molecule has 1 unspecified atom stereocenters. The molecule has 0 radical (unpaired) electrons. The number of fused-ring (bicyclic) bond motifs is 1. The van der Waals surface area contributed by atoms with Crippen LogP contribution in [0.5, 0.6) is 0 Å². The van der Waals surface area contributed by atoms with Crippen LogP contribution >= 0.6 is 11.6 Å². The van der Waals surface area contributed by atoms with Crippen molar-refractivity contribution >= 4 is 35.1 Å². The molecule has 0 bridgehead atoms. The SMILES string of the molecule is CN(C)C(=O)c1nc(NC(=O)c2cc(F)cc(C(F)(F)F)c2)c2n1CC(=O)NC2c1cc(F)ccc1Cl. The maximum atomic E-state index is 14.1. The number of aromatic nitrogens is 2. The van der Waals surface area contributed by atoms with E-state index in [2.05, 4.69) is 15.6 Å². The number of anilines is 1. The zero-order valence-electron chi connectivity index (χ0n) is 19.1. The van der Waals surface area contributed by atoms with Crippen LogP contribution in [0.25, 0.3) is 0 Å². The zero-order chi connectivity index (χ0) is 27.2. The number of carbonyl (C=O) groups is 3. The molecule has 0 aliphatic carbocycles.